The number of hydrogen-bond donors (Lipinski definition) is 1. The fourth-order valence-electron chi connectivity index (χ4n) is 2.70. The standard InChI is InChI=1S/C21H15N3O/c25-21-16(15-8-2-1-3-9-15)14-19(17-10-4-6-12-22-17)24-20(21)18-11-5-7-13-23-18/h1-14,25H. The summed E-state index contributed by atoms with van der Waals surface area (Å²) in [6.45, 7) is 0. The van der Waals surface area contributed by atoms with Gasteiger partial charge in [-0.15, -0.1) is 0 Å². The SMILES string of the molecule is Oc1c(-c2ccccc2)cc(-c2ccccn2)nc1-c1ccccn1. The van der Waals surface area contributed by atoms with E-state index in [1.807, 2.05) is 72.8 Å². The minimum atomic E-state index is 0.115. The summed E-state index contributed by atoms with van der Waals surface area (Å²) in [5, 5.41) is 10.8. The topological polar surface area (TPSA) is 58.9 Å². The van der Waals surface area contributed by atoms with Gasteiger partial charge < -0.3 is 5.11 Å². The van der Waals surface area contributed by atoms with Crippen LogP contribution in [0.3, 0.4) is 0 Å². The van der Waals surface area contributed by atoms with Crippen LogP contribution in [0.5, 0.6) is 5.75 Å². The van der Waals surface area contributed by atoms with Gasteiger partial charge in [0.25, 0.3) is 0 Å². The first-order valence-corrected chi connectivity index (χ1v) is 7.95. The molecular formula is C21H15N3O. The van der Waals surface area contributed by atoms with Crippen LogP contribution in [0.1, 0.15) is 0 Å². The molecule has 0 aliphatic rings. The van der Waals surface area contributed by atoms with E-state index in [9.17, 15) is 5.11 Å². The molecule has 0 bridgehead atoms. The van der Waals surface area contributed by atoms with Crippen molar-refractivity contribution in [3.8, 4) is 39.7 Å². The van der Waals surface area contributed by atoms with Crippen LogP contribution in [0.25, 0.3) is 33.9 Å². The normalized spacial score (nSPS) is 10.6. The molecule has 25 heavy (non-hydrogen) atoms. The summed E-state index contributed by atoms with van der Waals surface area (Å²) >= 11 is 0. The maximum Gasteiger partial charge on any atom is 0.151 e. The van der Waals surface area contributed by atoms with Gasteiger partial charge in [-0.2, -0.15) is 0 Å². The van der Waals surface area contributed by atoms with Crippen molar-refractivity contribution >= 4 is 0 Å². The summed E-state index contributed by atoms with van der Waals surface area (Å²) in [7, 11) is 0. The van der Waals surface area contributed by atoms with E-state index in [0.29, 0.717) is 22.6 Å². The maximum atomic E-state index is 10.8. The molecule has 1 N–H and O–H groups in total. The molecule has 0 aliphatic heterocycles. The van der Waals surface area contributed by atoms with Crippen molar-refractivity contribution < 1.29 is 5.11 Å². The second kappa shape index (κ2) is 6.53. The van der Waals surface area contributed by atoms with Crippen LogP contribution in [-0.2, 0) is 0 Å². The molecule has 0 amide bonds. The lowest BCUT2D eigenvalue weighted by Gasteiger charge is -2.12. The number of benzene rings is 1. The van der Waals surface area contributed by atoms with Crippen molar-refractivity contribution in [1.29, 1.82) is 0 Å². The lowest BCUT2D eigenvalue weighted by Crippen LogP contribution is -1.95. The highest BCUT2D eigenvalue weighted by atomic mass is 16.3. The molecule has 120 valence electrons. The highest BCUT2D eigenvalue weighted by Crippen LogP contribution is 2.38. The highest BCUT2D eigenvalue weighted by molar-refractivity contribution is 5.82. The Morgan fingerprint density at radius 2 is 1.28 bits per heavy atom. The van der Waals surface area contributed by atoms with Gasteiger partial charge in [0, 0.05) is 18.0 Å². The van der Waals surface area contributed by atoms with Crippen molar-refractivity contribution in [2.24, 2.45) is 0 Å². The molecule has 0 unspecified atom stereocenters. The summed E-state index contributed by atoms with van der Waals surface area (Å²) in [4.78, 5) is 13.3. The van der Waals surface area contributed by atoms with Crippen LogP contribution >= 0.6 is 0 Å². The molecule has 4 heteroatoms. The quantitative estimate of drug-likeness (QED) is 0.599. The molecule has 0 fully saturated rings. The van der Waals surface area contributed by atoms with Gasteiger partial charge in [0.15, 0.2) is 5.75 Å². The van der Waals surface area contributed by atoms with Gasteiger partial charge in [0.1, 0.15) is 5.69 Å². The third-order valence-corrected chi connectivity index (χ3v) is 3.91. The molecule has 0 atom stereocenters. The van der Waals surface area contributed by atoms with Gasteiger partial charge in [-0.3, -0.25) is 9.97 Å². The average Bonchev–Trinajstić information content (AvgIpc) is 2.70. The summed E-state index contributed by atoms with van der Waals surface area (Å²) in [6.07, 6.45) is 3.42. The van der Waals surface area contributed by atoms with E-state index in [4.69, 9.17) is 0 Å². The molecular weight excluding hydrogens is 310 g/mol. The Morgan fingerprint density at radius 3 is 1.92 bits per heavy atom. The number of rotatable bonds is 3. The van der Waals surface area contributed by atoms with Crippen LogP contribution in [-0.4, -0.2) is 20.1 Å². The lowest BCUT2D eigenvalue weighted by molar-refractivity contribution is 0.477. The van der Waals surface area contributed by atoms with Gasteiger partial charge in [-0.25, -0.2) is 4.98 Å². The molecule has 0 saturated carbocycles. The van der Waals surface area contributed by atoms with Crippen LogP contribution in [0.4, 0.5) is 0 Å². The Labute approximate surface area is 145 Å². The van der Waals surface area contributed by atoms with Crippen molar-refractivity contribution in [2.75, 3.05) is 0 Å². The summed E-state index contributed by atoms with van der Waals surface area (Å²) in [5.41, 5.74) is 4.13. The minimum Gasteiger partial charge on any atom is -0.505 e. The molecule has 0 saturated heterocycles. The maximum absolute atomic E-state index is 10.8. The Bertz CT molecular complexity index is 927. The smallest absolute Gasteiger partial charge is 0.151 e. The van der Waals surface area contributed by atoms with Crippen molar-refractivity contribution in [3.05, 3.63) is 85.2 Å². The summed E-state index contributed by atoms with van der Waals surface area (Å²) < 4.78 is 0. The van der Waals surface area contributed by atoms with Crippen LogP contribution in [0.2, 0.25) is 0 Å². The Balaban J connectivity index is 1.98. The zero-order chi connectivity index (χ0) is 17.1. The average molecular weight is 325 g/mol. The van der Waals surface area contributed by atoms with Crippen LogP contribution < -0.4 is 0 Å². The number of aromatic hydroxyl groups is 1. The van der Waals surface area contributed by atoms with E-state index in [-0.39, 0.29) is 5.75 Å². The van der Waals surface area contributed by atoms with Gasteiger partial charge in [-0.05, 0) is 35.9 Å². The van der Waals surface area contributed by atoms with Crippen LogP contribution in [0, 0.1) is 0 Å². The second-order valence-electron chi connectivity index (χ2n) is 5.55. The summed E-state index contributed by atoms with van der Waals surface area (Å²) in [5.74, 6) is 0.115. The van der Waals surface area contributed by atoms with Crippen LogP contribution in [0.15, 0.2) is 85.2 Å². The number of pyridine rings is 3. The van der Waals surface area contributed by atoms with E-state index >= 15 is 0 Å². The first-order valence-electron chi connectivity index (χ1n) is 7.95. The van der Waals surface area contributed by atoms with E-state index in [1.54, 1.807) is 12.4 Å². The molecule has 4 rings (SSSR count). The van der Waals surface area contributed by atoms with Crippen molar-refractivity contribution in [3.63, 3.8) is 0 Å². The second-order valence-corrected chi connectivity index (χ2v) is 5.55. The zero-order valence-electron chi connectivity index (χ0n) is 13.4. The molecule has 4 nitrogen and oxygen atoms in total. The lowest BCUT2D eigenvalue weighted by atomic mass is 10.0. The molecule has 4 aromatic rings. The number of nitrogens with zero attached hydrogens (tertiary/aromatic N) is 3. The van der Waals surface area contributed by atoms with E-state index in [1.165, 1.54) is 0 Å². The van der Waals surface area contributed by atoms with Gasteiger partial charge in [-0.1, -0.05) is 42.5 Å². The third-order valence-electron chi connectivity index (χ3n) is 3.91. The Hall–Kier alpha value is -3.53. The molecule has 3 aromatic heterocycles. The molecule has 3 heterocycles. The molecule has 1 aromatic carbocycles. The largest absolute Gasteiger partial charge is 0.505 e. The highest BCUT2D eigenvalue weighted by Gasteiger charge is 2.17. The van der Waals surface area contributed by atoms with Gasteiger partial charge in [0.2, 0.25) is 0 Å². The predicted octanol–water partition coefficient (Wildman–Crippen LogP) is 4.58. The molecule has 0 aliphatic carbocycles. The van der Waals surface area contributed by atoms with Crippen molar-refractivity contribution in [2.45, 2.75) is 0 Å². The van der Waals surface area contributed by atoms with E-state index < -0.39 is 0 Å². The van der Waals surface area contributed by atoms with Gasteiger partial charge in [0.05, 0.1) is 17.1 Å². The fraction of sp³-hybridized carbons (Fsp3) is 0. The fourth-order valence-corrected chi connectivity index (χ4v) is 2.70. The summed E-state index contributed by atoms with van der Waals surface area (Å²) in [6, 6.07) is 22.8. The monoisotopic (exact) mass is 325 g/mol. The zero-order valence-corrected chi connectivity index (χ0v) is 13.4. The molecule has 0 spiro atoms. The van der Waals surface area contributed by atoms with E-state index in [0.717, 1.165) is 11.3 Å². The first-order chi connectivity index (χ1) is 12.3. The van der Waals surface area contributed by atoms with Gasteiger partial charge >= 0.3 is 0 Å². The predicted molar refractivity (Wildman–Crippen MR) is 97.8 cm³/mol. The minimum absolute atomic E-state index is 0.115. The third kappa shape index (κ3) is 2.97. The molecule has 0 radical (unpaired) electrons. The van der Waals surface area contributed by atoms with E-state index in [2.05, 4.69) is 15.0 Å². The van der Waals surface area contributed by atoms with Crippen molar-refractivity contribution in [1.82, 2.24) is 15.0 Å². The number of aromatic nitrogens is 3. The Kier molecular flexibility index (Phi) is 3.92. The Morgan fingerprint density at radius 1 is 0.640 bits per heavy atom. The first kappa shape index (κ1) is 15.0. The number of hydrogen-bond acceptors (Lipinski definition) is 4.